The molecular formula is C20H20F2N4O3. The van der Waals surface area contributed by atoms with Gasteiger partial charge in [0, 0.05) is 37.7 Å². The Hall–Kier alpha value is -3.36. The van der Waals surface area contributed by atoms with Crippen molar-refractivity contribution in [1.82, 2.24) is 10.2 Å². The highest BCUT2D eigenvalue weighted by Gasteiger charge is 2.41. The van der Waals surface area contributed by atoms with Crippen LogP contribution in [0.4, 0.5) is 25.0 Å². The molecule has 1 spiro atoms. The lowest BCUT2D eigenvalue weighted by Crippen LogP contribution is -2.63. The van der Waals surface area contributed by atoms with Crippen molar-refractivity contribution in [3.8, 4) is 5.75 Å². The van der Waals surface area contributed by atoms with E-state index in [-0.39, 0.29) is 17.3 Å². The second kappa shape index (κ2) is 7.23. The molecule has 3 N–H and O–H groups in total. The van der Waals surface area contributed by atoms with Crippen LogP contribution in [0.2, 0.25) is 0 Å². The van der Waals surface area contributed by atoms with Crippen LogP contribution < -0.4 is 20.7 Å². The summed E-state index contributed by atoms with van der Waals surface area (Å²) in [6.45, 7) is 0.766. The number of nitrogens with one attached hydrogen (secondary N) is 3. The highest BCUT2D eigenvalue weighted by Crippen LogP contribution is 2.32. The number of amides is 3. The van der Waals surface area contributed by atoms with E-state index in [0.29, 0.717) is 37.4 Å². The summed E-state index contributed by atoms with van der Waals surface area (Å²) in [5, 5.41) is 8.79. The van der Waals surface area contributed by atoms with Crippen LogP contribution in [0, 0.1) is 11.6 Å². The SMILES string of the molecule is COc1ccc(NC(=O)N2CCC3(CC2)NC(=O)c2cc(F)c(F)cc2N3)cc1. The summed E-state index contributed by atoms with van der Waals surface area (Å²) in [6, 6.07) is 8.63. The molecule has 9 heteroatoms. The van der Waals surface area contributed by atoms with Crippen LogP contribution in [0.1, 0.15) is 23.2 Å². The molecule has 2 aliphatic rings. The van der Waals surface area contributed by atoms with E-state index in [2.05, 4.69) is 16.0 Å². The molecule has 0 radical (unpaired) electrons. The standard InChI is InChI=1S/C20H20F2N4O3/c1-29-13-4-2-12(3-5-13)23-19(28)26-8-6-20(7-9-26)24-17-11-16(22)15(21)10-14(17)18(27)25-20/h2-5,10-11,24H,6-9H2,1H3,(H,23,28)(H,25,27). The van der Waals surface area contributed by atoms with E-state index >= 15 is 0 Å². The average Bonchev–Trinajstić information content (AvgIpc) is 2.71. The van der Waals surface area contributed by atoms with Crippen LogP contribution in [-0.2, 0) is 0 Å². The lowest BCUT2D eigenvalue weighted by molar-refractivity contribution is 0.0851. The van der Waals surface area contributed by atoms with E-state index in [1.54, 1.807) is 36.3 Å². The number of urea groups is 1. The van der Waals surface area contributed by atoms with E-state index in [4.69, 9.17) is 4.74 Å². The van der Waals surface area contributed by atoms with Gasteiger partial charge < -0.3 is 25.6 Å². The van der Waals surface area contributed by atoms with Crippen molar-refractivity contribution in [3.63, 3.8) is 0 Å². The maximum Gasteiger partial charge on any atom is 0.321 e. The van der Waals surface area contributed by atoms with Crippen LogP contribution in [0.25, 0.3) is 0 Å². The van der Waals surface area contributed by atoms with Gasteiger partial charge in [0.05, 0.1) is 18.4 Å². The molecule has 0 atom stereocenters. The Bertz CT molecular complexity index is 957. The fraction of sp³-hybridized carbons (Fsp3) is 0.300. The van der Waals surface area contributed by atoms with E-state index in [0.717, 1.165) is 12.1 Å². The number of hydrogen-bond acceptors (Lipinski definition) is 4. The largest absolute Gasteiger partial charge is 0.497 e. The number of carbonyl (C=O) groups excluding carboxylic acids is 2. The summed E-state index contributed by atoms with van der Waals surface area (Å²) < 4.78 is 32.1. The van der Waals surface area contributed by atoms with Crippen molar-refractivity contribution in [2.24, 2.45) is 0 Å². The van der Waals surface area contributed by atoms with E-state index in [9.17, 15) is 18.4 Å². The van der Waals surface area contributed by atoms with Gasteiger partial charge in [0.15, 0.2) is 11.6 Å². The van der Waals surface area contributed by atoms with Gasteiger partial charge in [-0.25, -0.2) is 13.6 Å². The fourth-order valence-electron chi connectivity index (χ4n) is 3.63. The third-order valence-electron chi connectivity index (χ3n) is 5.28. The van der Waals surface area contributed by atoms with Gasteiger partial charge in [0.25, 0.3) is 5.91 Å². The fourth-order valence-corrected chi connectivity index (χ4v) is 3.63. The molecular weight excluding hydrogens is 382 g/mol. The van der Waals surface area contributed by atoms with Gasteiger partial charge in [0.2, 0.25) is 0 Å². The molecule has 0 saturated carbocycles. The number of anilines is 2. The Labute approximate surface area is 166 Å². The van der Waals surface area contributed by atoms with Crippen LogP contribution in [0.3, 0.4) is 0 Å². The Kier molecular flexibility index (Phi) is 4.73. The third kappa shape index (κ3) is 3.67. The monoisotopic (exact) mass is 402 g/mol. The number of carbonyl (C=O) groups is 2. The normalized spacial score (nSPS) is 17.2. The number of benzene rings is 2. The van der Waals surface area contributed by atoms with Gasteiger partial charge in [0.1, 0.15) is 11.4 Å². The zero-order valence-corrected chi connectivity index (χ0v) is 15.7. The molecule has 2 heterocycles. The van der Waals surface area contributed by atoms with Crippen LogP contribution in [0.5, 0.6) is 5.75 Å². The molecule has 0 bridgehead atoms. The Morgan fingerprint density at radius 2 is 1.76 bits per heavy atom. The van der Waals surface area contributed by atoms with Crippen molar-refractivity contribution in [2.75, 3.05) is 30.8 Å². The van der Waals surface area contributed by atoms with E-state index in [1.165, 1.54) is 0 Å². The molecule has 2 aromatic rings. The topological polar surface area (TPSA) is 82.7 Å². The maximum absolute atomic E-state index is 13.6. The highest BCUT2D eigenvalue weighted by atomic mass is 19.2. The first kappa shape index (κ1) is 19.0. The Morgan fingerprint density at radius 1 is 1.10 bits per heavy atom. The molecule has 0 aromatic heterocycles. The summed E-state index contributed by atoms with van der Waals surface area (Å²) in [4.78, 5) is 26.6. The minimum absolute atomic E-state index is 0.0641. The first-order valence-corrected chi connectivity index (χ1v) is 9.19. The number of halogens is 2. The van der Waals surface area contributed by atoms with Crippen LogP contribution in [-0.4, -0.2) is 42.7 Å². The average molecular weight is 402 g/mol. The lowest BCUT2D eigenvalue weighted by atomic mass is 9.92. The van der Waals surface area contributed by atoms with E-state index < -0.39 is 23.2 Å². The summed E-state index contributed by atoms with van der Waals surface area (Å²) in [5.74, 6) is -1.86. The lowest BCUT2D eigenvalue weighted by Gasteiger charge is -2.45. The van der Waals surface area contributed by atoms with Gasteiger partial charge >= 0.3 is 6.03 Å². The van der Waals surface area contributed by atoms with Crippen LogP contribution >= 0.6 is 0 Å². The molecule has 1 saturated heterocycles. The smallest absolute Gasteiger partial charge is 0.321 e. The van der Waals surface area contributed by atoms with Gasteiger partial charge in [-0.1, -0.05) is 0 Å². The number of ether oxygens (including phenoxy) is 1. The summed E-state index contributed by atoms with van der Waals surface area (Å²) in [7, 11) is 1.57. The second-order valence-electron chi connectivity index (χ2n) is 7.12. The number of likely N-dealkylation sites (tertiary alicyclic amines) is 1. The molecule has 4 rings (SSSR count). The highest BCUT2D eigenvalue weighted by molar-refractivity contribution is 6.02. The predicted molar refractivity (Wildman–Crippen MR) is 103 cm³/mol. The molecule has 29 heavy (non-hydrogen) atoms. The molecule has 0 aliphatic carbocycles. The van der Waals surface area contributed by atoms with Gasteiger partial charge in [-0.2, -0.15) is 0 Å². The van der Waals surface area contributed by atoms with E-state index in [1.807, 2.05) is 0 Å². The summed E-state index contributed by atoms with van der Waals surface area (Å²) >= 11 is 0. The first-order valence-electron chi connectivity index (χ1n) is 9.19. The zero-order valence-electron chi connectivity index (χ0n) is 15.7. The maximum atomic E-state index is 13.6. The third-order valence-corrected chi connectivity index (χ3v) is 5.28. The number of methoxy groups -OCH3 is 1. The van der Waals surface area contributed by atoms with Crippen molar-refractivity contribution in [2.45, 2.75) is 18.5 Å². The van der Waals surface area contributed by atoms with Crippen molar-refractivity contribution in [1.29, 1.82) is 0 Å². The number of nitrogens with zero attached hydrogens (tertiary/aromatic N) is 1. The Balaban J connectivity index is 1.41. The first-order chi connectivity index (χ1) is 13.9. The number of piperidine rings is 1. The van der Waals surface area contributed by atoms with Gasteiger partial charge in [-0.15, -0.1) is 0 Å². The number of hydrogen-bond donors (Lipinski definition) is 3. The molecule has 1 fully saturated rings. The minimum atomic E-state index is -1.07. The predicted octanol–water partition coefficient (Wildman–Crippen LogP) is 3.15. The second-order valence-corrected chi connectivity index (χ2v) is 7.12. The molecule has 152 valence electrons. The van der Waals surface area contributed by atoms with Crippen LogP contribution in [0.15, 0.2) is 36.4 Å². The number of fused-ring (bicyclic) bond motifs is 1. The van der Waals surface area contributed by atoms with Crippen molar-refractivity contribution < 1.29 is 23.1 Å². The summed E-state index contributed by atoms with van der Waals surface area (Å²) in [5.41, 5.74) is 0.162. The quantitative estimate of drug-likeness (QED) is 0.721. The molecule has 2 aliphatic heterocycles. The zero-order chi connectivity index (χ0) is 20.6. The minimum Gasteiger partial charge on any atom is -0.497 e. The van der Waals surface area contributed by atoms with Gasteiger partial charge in [-0.05, 0) is 30.3 Å². The Morgan fingerprint density at radius 3 is 2.41 bits per heavy atom. The molecule has 0 unspecified atom stereocenters. The molecule has 7 nitrogen and oxygen atoms in total. The summed E-state index contributed by atoms with van der Waals surface area (Å²) in [6.07, 6.45) is 0.848. The van der Waals surface area contributed by atoms with Crippen molar-refractivity contribution >= 4 is 23.3 Å². The number of rotatable bonds is 2. The van der Waals surface area contributed by atoms with Crippen molar-refractivity contribution in [3.05, 3.63) is 53.6 Å². The molecule has 2 aromatic carbocycles. The van der Waals surface area contributed by atoms with Gasteiger partial charge in [-0.3, -0.25) is 4.79 Å². The molecule has 3 amide bonds.